The number of anilines is 1. The maximum Gasteiger partial charge on any atom is 0.126 e. The zero-order valence-corrected chi connectivity index (χ0v) is 11.0. The third-order valence-corrected chi connectivity index (χ3v) is 3.19. The van der Waals surface area contributed by atoms with Crippen LogP contribution in [0.2, 0.25) is 0 Å². The highest BCUT2D eigenvalue weighted by Crippen LogP contribution is 2.26. The molecule has 0 saturated heterocycles. The van der Waals surface area contributed by atoms with Gasteiger partial charge in [-0.15, -0.1) is 0 Å². The lowest BCUT2D eigenvalue weighted by molar-refractivity contribution is 0.570. The number of likely N-dealkylation sites (N-methyl/N-ethyl adjacent to an activating group) is 1. The lowest BCUT2D eigenvalue weighted by atomic mass is 10.0. The Hall–Kier alpha value is -2.01. The molecule has 0 spiro atoms. The van der Waals surface area contributed by atoms with Crippen LogP contribution in [0, 0.1) is 17.5 Å². The highest BCUT2D eigenvalue weighted by atomic mass is 19.1. The maximum atomic E-state index is 13.3. The van der Waals surface area contributed by atoms with Gasteiger partial charge in [-0.1, -0.05) is 0 Å². The van der Waals surface area contributed by atoms with Crippen LogP contribution in [0.15, 0.2) is 42.5 Å². The molecule has 0 amide bonds. The van der Waals surface area contributed by atoms with Crippen molar-refractivity contribution < 1.29 is 13.2 Å². The van der Waals surface area contributed by atoms with Crippen LogP contribution in [0.1, 0.15) is 11.6 Å². The molecule has 2 rings (SSSR count). The van der Waals surface area contributed by atoms with E-state index in [0.29, 0.717) is 11.3 Å². The lowest BCUT2D eigenvalue weighted by Gasteiger charge is -2.29. The number of hydrogen-bond acceptors (Lipinski definition) is 2. The number of benzene rings is 2. The predicted octanol–water partition coefficient (Wildman–Crippen LogP) is 3.24. The van der Waals surface area contributed by atoms with E-state index in [-0.39, 0.29) is 12.4 Å². The first-order valence-electron chi connectivity index (χ1n) is 6.15. The summed E-state index contributed by atoms with van der Waals surface area (Å²) >= 11 is 0. The lowest BCUT2D eigenvalue weighted by Crippen LogP contribution is -2.30. The van der Waals surface area contributed by atoms with Crippen molar-refractivity contribution in [3.8, 4) is 0 Å². The van der Waals surface area contributed by atoms with Crippen LogP contribution in [0.25, 0.3) is 0 Å². The van der Waals surface area contributed by atoms with Gasteiger partial charge in [0.2, 0.25) is 0 Å². The van der Waals surface area contributed by atoms with E-state index in [4.69, 9.17) is 5.73 Å². The molecular weight excluding hydrogens is 265 g/mol. The number of hydrogen-bond donors (Lipinski definition) is 1. The first-order chi connectivity index (χ1) is 9.51. The molecule has 0 saturated carbocycles. The number of rotatable bonds is 4. The van der Waals surface area contributed by atoms with Crippen LogP contribution < -0.4 is 10.6 Å². The van der Waals surface area contributed by atoms with Gasteiger partial charge in [-0.3, -0.25) is 0 Å². The van der Waals surface area contributed by atoms with Crippen LogP contribution >= 0.6 is 0 Å². The van der Waals surface area contributed by atoms with Gasteiger partial charge in [0.05, 0.1) is 6.04 Å². The number of nitrogens with two attached hydrogens (primary N) is 1. The molecule has 2 nitrogen and oxygen atoms in total. The molecule has 5 heteroatoms. The summed E-state index contributed by atoms with van der Waals surface area (Å²) in [5, 5.41) is 0. The Bertz CT molecular complexity index is 564. The normalized spacial score (nSPS) is 12.2. The second-order valence-electron chi connectivity index (χ2n) is 4.54. The highest BCUT2D eigenvalue weighted by molar-refractivity contribution is 5.48. The summed E-state index contributed by atoms with van der Waals surface area (Å²) in [6.45, 7) is 0.177. The van der Waals surface area contributed by atoms with E-state index in [9.17, 15) is 13.2 Å². The van der Waals surface area contributed by atoms with Crippen LogP contribution in [0.3, 0.4) is 0 Å². The first kappa shape index (κ1) is 14.4. The zero-order chi connectivity index (χ0) is 14.7. The summed E-state index contributed by atoms with van der Waals surface area (Å²) in [6.07, 6.45) is 0. The van der Waals surface area contributed by atoms with Gasteiger partial charge >= 0.3 is 0 Å². The molecule has 2 N–H and O–H groups in total. The van der Waals surface area contributed by atoms with Gasteiger partial charge in [-0.2, -0.15) is 0 Å². The SMILES string of the molecule is CN(c1ccc(F)cc1)C(CN)c1cc(F)cc(F)c1. The fraction of sp³-hybridized carbons (Fsp3) is 0.200. The summed E-state index contributed by atoms with van der Waals surface area (Å²) in [4.78, 5) is 1.76. The average molecular weight is 280 g/mol. The van der Waals surface area contributed by atoms with Crippen molar-refractivity contribution in [1.82, 2.24) is 0 Å². The molecule has 0 aliphatic heterocycles. The van der Waals surface area contributed by atoms with Crippen LogP contribution in [-0.2, 0) is 0 Å². The Labute approximate surface area is 115 Å². The molecule has 0 radical (unpaired) electrons. The van der Waals surface area contributed by atoms with E-state index in [1.54, 1.807) is 24.1 Å². The van der Waals surface area contributed by atoms with Crippen LogP contribution in [0.4, 0.5) is 18.9 Å². The Morgan fingerprint density at radius 3 is 2.00 bits per heavy atom. The fourth-order valence-corrected chi connectivity index (χ4v) is 2.14. The van der Waals surface area contributed by atoms with E-state index in [0.717, 1.165) is 6.07 Å². The third kappa shape index (κ3) is 3.11. The van der Waals surface area contributed by atoms with Gasteiger partial charge in [0.15, 0.2) is 0 Å². The summed E-state index contributed by atoms with van der Waals surface area (Å²) in [5.74, 6) is -1.64. The smallest absolute Gasteiger partial charge is 0.126 e. The van der Waals surface area contributed by atoms with Gasteiger partial charge < -0.3 is 10.6 Å². The molecule has 0 bridgehead atoms. The van der Waals surface area contributed by atoms with Crippen molar-refractivity contribution in [3.63, 3.8) is 0 Å². The summed E-state index contributed by atoms with van der Waals surface area (Å²) in [7, 11) is 1.74. The standard InChI is InChI=1S/C15H15F3N2/c1-20(14-4-2-11(16)3-5-14)15(9-19)10-6-12(17)8-13(18)7-10/h2-8,15H,9,19H2,1H3. The predicted molar refractivity (Wildman–Crippen MR) is 73.0 cm³/mol. The molecule has 0 heterocycles. The maximum absolute atomic E-state index is 13.3. The molecule has 0 aliphatic rings. The van der Waals surface area contributed by atoms with Crippen molar-refractivity contribution in [2.45, 2.75) is 6.04 Å². The van der Waals surface area contributed by atoms with Gasteiger partial charge in [-0.05, 0) is 42.0 Å². The van der Waals surface area contributed by atoms with Gasteiger partial charge in [0, 0.05) is 25.3 Å². The van der Waals surface area contributed by atoms with E-state index in [1.807, 2.05) is 0 Å². The fourth-order valence-electron chi connectivity index (χ4n) is 2.14. The summed E-state index contributed by atoms with van der Waals surface area (Å²) in [5.41, 5.74) is 6.87. The van der Waals surface area contributed by atoms with Gasteiger partial charge in [-0.25, -0.2) is 13.2 Å². The Morgan fingerprint density at radius 1 is 0.950 bits per heavy atom. The minimum atomic E-state index is -0.647. The second kappa shape index (κ2) is 5.96. The van der Waals surface area contributed by atoms with E-state index in [1.165, 1.54) is 24.3 Å². The van der Waals surface area contributed by atoms with Gasteiger partial charge in [0.1, 0.15) is 17.5 Å². The molecule has 0 aromatic heterocycles. The van der Waals surface area contributed by atoms with Gasteiger partial charge in [0.25, 0.3) is 0 Å². The molecule has 2 aromatic carbocycles. The van der Waals surface area contributed by atoms with Crippen molar-refractivity contribution in [2.24, 2.45) is 5.73 Å². The largest absolute Gasteiger partial charge is 0.366 e. The Balaban J connectivity index is 2.33. The van der Waals surface area contributed by atoms with Crippen molar-refractivity contribution >= 4 is 5.69 Å². The second-order valence-corrected chi connectivity index (χ2v) is 4.54. The van der Waals surface area contributed by atoms with Crippen molar-refractivity contribution in [2.75, 3.05) is 18.5 Å². The molecule has 0 aliphatic carbocycles. The van der Waals surface area contributed by atoms with Crippen LogP contribution in [-0.4, -0.2) is 13.6 Å². The summed E-state index contributed by atoms with van der Waals surface area (Å²) < 4.78 is 39.5. The molecule has 20 heavy (non-hydrogen) atoms. The Morgan fingerprint density at radius 2 is 1.50 bits per heavy atom. The molecule has 1 unspecified atom stereocenters. The molecule has 2 aromatic rings. The van der Waals surface area contributed by atoms with Crippen molar-refractivity contribution in [3.05, 3.63) is 65.5 Å². The number of halogens is 3. The van der Waals surface area contributed by atoms with E-state index >= 15 is 0 Å². The minimum Gasteiger partial charge on any atom is -0.366 e. The zero-order valence-electron chi connectivity index (χ0n) is 11.0. The molecular formula is C15H15F3N2. The average Bonchev–Trinajstić information content (AvgIpc) is 2.39. The Kier molecular flexibility index (Phi) is 4.29. The van der Waals surface area contributed by atoms with Crippen molar-refractivity contribution in [1.29, 1.82) is 0 Å². The quantitative estimate of drug-likeness (QED) is 0.931. The van der Waals surface area contributed by atoms with E-state index < -0.39 is 17.7 Å². The third-order valence-electron chi connectivity index (χ3n) is 3.19. The van der Waals surface area contributed by atoms with E-state index in [2.05, 4.69) is 0 Å². The molecule has 106 valence electrons. The summed E-state index contributed by atoms with van der Waals surface area (Å²) in [6, 6.07) is 8.75. The topological polar surface area (TPSA) is 29.3 Å². The monoisotopic (exact) mass is 280 g/mol. The minimum absolute atomic E-state index is 0.177. The first-order valence-corrected chi connectivity index (χ1v) is 6.15. The van der Waals surface area contributed by atoms with Crippen LogP contribution in [0.5, 0.6) is 0 Å². The molecule has 1 atom stereocenters. The highest BCUT2D eigenvalue weighted by Gasteiger charge is 2.17. The number of nitrogens with zero attached hydrogens (tertiary/aromatic N) is 1. The molecule has 0 fully saturated rings.